The molecule has 0 saturated carbocycles. The first-order chi connectivity index (χ1) is 7.86. The van der Waals surface area contributed by atoms with Gasteiger partial charge in [0.25, 0.3) is 0 Å². The van der Waals surface area contributed by atoms with Crippen LogP contribution in [-0.2, 0) is 6.18 Å². The molecule has 0 spiro atoms. The second-order valence-electron chi connectivity index (χ2n) is 3.81. The maximum absolute atomic E-state index is 12.3. The predicted octanol–water partition coefficient (Wildman–Crippen LogP) is 1.67. The van der Waals surface area contributed by atoms with Crippen LogP contribution in [0.15, 0.2) is 12.1 Å². The van der Waals surface area contributed by atoms with Crippen LogP contribution in [0.25, 0.3) is 0 Å². The average molecular weight is 248 g/mol. The van der Waals surface area contributed by atoms with Crippen LogP contribution >= 0.6 is 0 Å². The largest absolute Gasteiger partial charge is 0.435 e. The fourth-order valence-corrected chi connectivity index (χ4v) is 1.33. The summed E-state index contributed by atoms with van der Waals surface area (Å²) in [5.41, 5.74) is 4.43. The van der Waals surface area contributed by atoms with E-state index < -0.39 is 11.9 Å². The minimum Gasteiger partial charge on any atom is -0.355 e. The van der Waals surface area contributed by atoms with Crippen LogP contribution in [-0.4, -0.2) is 29.8 Å². The number of hydrogen-bond donors (Lipinski definition) is 1. The topological polar surface area (TPSA) is 55.0 Å². The molecule has 0 amide bonds. The number of alkyl halides is 3. The van der Waals surface area contributed by atoms with Crippen molar-refractivity contribution in [2.24, 2.45) is 5.73 Å². The highest BCUT2D eigenvalue weighted by Crippen LogP contribution is 2.27. The summed E-state index contributed by atoms with van der Waals surface area (Å²) >= 11 is 0. The highest BCUT2D eigenvalue weighted by molar-refractivity contribution is 5.37. The van der Waals surface area contributed by atoms with Crippen molar-refractivity contribution >= 4 is 5.82 Å². The molecule has 96 valence electrons. The number of hydrogen-bond acceptors (Lipinski definition) is 4. The molecule has 0 aromatic carbocycles. The van der Waals surface area contributed by atoms with E-state index in [4.69, 9.17) is 5.73 Å². The van der Waals surface area contributed by atoms with Gasteiger partial charge in [-0.3, -0.25) is 0 Å². The Morgan fingerprint density at radius 2 is 2.00 bits per heavy atom. The fraction of sp³-hybridized carbons (Fsp3) is 0.600. The molecule has 17 heavy (non-hydrogen) atoms. The Bertz CT molecular complexity index is 350. The molecule has 0 radical (unpaired) electrons. The zero-order valence-corrected chi connectivity index (χ0v) is 9.70. The molecule has 1 rings (SSSR count). The van der Waals surface area contributed by atoms with E-state index in [0.717, 1.165) is 12.5 Å². The van der Waals surface area contributed by atoms with Crippen molar-refractivity contribution in [1.82, 2.24) is 10.2 Å². The maximum Gasteiger partial charge on any atom is 0.435 e. The van der Waals surface area contributed by atoms with E-state index >= 15 is 0 Å². The Morgan fingerprint density at radius 1 is 1.35 bits per heavy atom. The summed E-state index contributed by atoms with van der Waals surface area (Å²) in [5.74, 6) is 0.402. The van der Waals surface area contributed by atoms with Gasteiger partial charge in [0, 0.05) is 13.1 Å². The Morgan fingerprint density at radius 3 is 2.41 bits per heavy atom. The smallest absolute Gasteiger partial charge is 0.355 e. The van der Waals surface area contributed by atoms with Gasteiger partial charge in [-0.15, -0.1) is 10.2 Å². The lowest BCUT2D eigenvalue weighted by molar-refractivity contribution is -0.141. The van der Waals surface area contributed by atoms with Gasteiger partial charge in [-0.1, -0.05) is 0 Å². The molecule has 7 heteroatoms. The van der Waals surface area contributed by atoms with Crippen molar-refractivity contribution in [3.63, 3.8) is 0 Å². The van der Waals surface area contributed by atoms with Crippen molar-refractivity contribution in [1.29, 1.82) is 0 Å². The zero-order chi connectivity index (χ0) is 13.1. The van der Waals surface area contributed by atoms with Gasteiger partial charge in [-0.25, -0.2) is 0 Å². The molecule has 0 saturated heterocycles. The molecule has 1 aromatic rings. The van der Waals surface area contributed by atoms with E-state index in [2.05, 4.69) is 10.2 Å². The van der Waals surface area contributed by atoms with Gasteiger partial charge in [-0.2, -0.15) is 13.2 Å². The lowest BCUT2D eigenvalue weighted by atomic mass is 10.2. The number of aromatic nitrogens is 2. The highest BCUT2D eigenvalue weighted by atomic mass is 19.4. The summed E-state index contributed by atoms with van der Waals surface area (Å²) in [4.78, 5) is 1.75. The number of rotatable bonds is 4. The Balaban J connectivity index is 2.80. The van der Waals surface area contributed by atoms with E-state index in [1.54, 1.807) is 11.9 Å². The van der Waals surface area contributed by atoms with Gasteiger partial charge in [0.1, 0.15) is 0 Å². The minimum absolute atomic E-state index is 0.103. The Kier molecular flexibility index (Phi) is 4.28. The summed E-state index contributed by atoms with van der Waals surface area (Å²) in [7, 11) is 1.75. The van der Waals surface area contributed by atoms with Crippen LogP contribution in [0.2, 0.25) is 0 Å². The molecule has 1 atom stereocenters. The van der Waals surface area contributed by atoms with E-state index in [1.807, 2.05) is 6.92 Å². The Hall–Kier alpha value is -1.37. The number of anilines is 1. The van der Waals surface area contributed by atoms with Gasteiger partial charge in [-0.05, 0) is 32.0 Å². The SMILES string of the molecule is CC(CCN)N(C)c1ccc(C(F)(F)F)nn1. The minimum atomic E-state index is -4.45. The van der Waals surface area contributed by atoms with E-state index in [-0.39, 0.29) is 6.04 Å². The normalized spacial score (nSPS) is 13.5. The summed E-state index contributed by atoms with van der Waals surface area (Å²) in [5, 5.41) is 6.73. The van der Waals surface area contributed by atoms with Crippen LogP contribution in [0.3, 0.4) is 0 Å². The first kappa shape index (κ1) is 13.7. The molecule has 1 unspecified atom stereocenters. The third kappa shape index (κ3) is 3.55. The van der Waals surface area contributed by atoms with Crippen molar-refractivity contribution in [3.05, 3.63) is 17.8 Å². The molecule has 4 nitrogen and oxygen atoms in total. The average Bonchev–Trinajstić information content (AvgIpc) is 2.27. The molecule has 0 aliphatic heterocycles. The second kappa shape index (κ2) is 5.31. The van der Waals surface area contributed by atoms with Crippen LogP contribution in [0.4, 0.5) is 19.0 Å². The van der Waals surface area contributed by atoms with Crippen molar-refractivity contribution in [2.75, 3.05) is 18.5 Å². The van der Waals surface area contributed by atoms with Crippen molar-refractivity contribution in [2.45, 2.75) is 25.6 Å². The second-order valence-corrected chi connectivity index (χ2v) is 3.81. The summed E-state index contributed by atoms with van der Waals surface area (Å²) in [6.45, 7) is 2.44. The lowest BCUT2D eigenvalue weighted by Gasteiger charge is -2.25. The third-order valence-corrected chi connectivity index (χ3v) is 2.55. The summed E-state index contributed by atoms with van der Waals surface area (Å²) < 4.78 is 36.8. The van der Waals surface area contributed by atoms with Gasteiger partial charge in [0.2, 0.25) is 0 Å². The number of nitrogens with two attached hydrogens (primary N) is 1. The predicted molar refractivity (Wildman–Crippen MR) is 58.6 cm³/mol. The van der Waals surface area contributed by atoms with Gasteiger partial charge >= 0.3 is 6.18 Å². The molecule has 0 bridgehead atoms. The molecule has 1 aromatic heterocycles. The number of halogens is 3. The first-order valence-corrected chi connectivity index (χ1v) is 5.20. The first-order valence-electron chi connectivity index (χ1n) is 5.20. The summed E-state index contributed by atoms with van der Waals surface area (Å²) in [6.07, 6.45) is -3.72. The quantitative estimate of drug-likeness (QED) is 0.880. The maximum atomic E-state index is 12.3. The lowest BCUT2D eigenvalue weighted by Crippen LogP contribution is -2.31. The van der Waals surface area contributed by atoms with Crippen molar-refractivity contribution < 1.29 is 13.2 Å². The van der Waals surface area contributed by atoms with E-state index in [1.165, 1.54) is 6.07 Å². The molecule has 0 fully saturated rings. The van der Waals surface area contributed by atoms with Crippen molar-refractivity contribution in [3.8, 4) is 0 Å². The fourth-order valence-electron chi connectivity index (χ4n) is 1.33. The van der Waals surface area contributed by atoms with Crippen LogP contribution in [0, 0.1) is 0 Å². The van der Waals surface area contributed by atoms with Crippen LogP contribution in [0.5, 0.6) is 0 Å². The Labute approximate surface area is 97.6 Å². The number of nitrogens with zero attached hydrogens (tertiary/aromatic N) is 3. The van der Waals surface area contributed by atoms with E-state index in [9.17, 15) is 13.2 Å². The molecule has 0 aliphatic rings. The zero-order valence-electron chi connectivity index (χ0n) is 9.70. The summed E-state index contributed by atoms with van der Waals surface area (Å²) in [6, 6.07) is 2.34. The van der Waals surface area contributed by atoms with E-state index in [0.29, 0.717) is 12.4 Å². The molecule has 1 heterocycles. The third-order valence-electron chi connectivity index (χ3n) is 2.55. The van der Waals surface area contributed by atoms with Crippen LogP contribution in [0.1, 0.15) is 19.0 Å². The monoisotopic (exact) mass is 248 g/mol. The molecule has 0 aliphatic carbocycles. The highest BCUT2D eigenvalue weighted by Gasteiger charge is 2.33. The molecular weight excluding hydrogens is 233 g/mol. The molecular formula is C10H15F3N4. The van der Waals surface area contributed by atoms with Gasteiger partial charge in [0.15, 0.2) is 11.5 Å². The van der Waals surface area contributed by atoms with Gasteiger partial charge in [0.05, 0.1) is 0 Å². The van der Waals surface area contributed by atoms with Crippen LogP contribution < -0.4 is 10.6 Å². The standard InChI is InChI=1S/C10H15F3N4/c1-7(5-6-14)17(2)9-4-3-8(15-16-9)10(11,12)13/h3-4,7H,5-6,14H2,1-2H3. The molecule has 2 N–H and O–H groups in total. The van der Waals surface area contributed by atoms with Gasteiger partial charge < -0.3 is 10.6 Å².